The Kier molecular flexibility index (Phi) is 3.31. The number of aryl methyl sites for hydroxylation is 2. The molecule has 0 bridgehead atoms. The molecule has 100 valence electrons. The minimum absolute atomic E-state index is 0.321. The summed E-state index contributed by atoms with van der Waals surface area (Å²) in [6.07, 6.45) is 0. The number of anilines is 2. The van der Waals surface area contributed by atoms with Gasteiger partial charge in [0.05, 0.1) is 11.4 Å². The largest absolute Gasteiger partial charge is 0.381 e. The van der Waals surface area contributed by atoms with Crippen LogP contribution in [0.4, 0.5) is 11.4 Å². The summed E-state index contributed by atoms with van der Waals surface area (Å²) in [6, 6.07) is 5.17. The van der Waals surface area contributed by atoms with Crippen LogP contribution in [0.15, 0.2) is 12.1 Å². The van der Waals surface area contributed by atoms with Gasteiger partial charge in [-0.3, -0.25) is 0 Å². The molecule has 1 aromatic rings. The fourth-order valence-electron chi connectivity index (χ4n) is 2.54. The second kappa shape index (κ2) is 4.49. The Balaban J connectivity index is 2.40. The summed E-state index contributed by atoms with van der Waals surface area (Å²) in [7, 11) is 0. The molecule has 1 aliphatic rings. The maximum atomic E-state index is 3.55. The molecule has 0 aromatic heterocycles. The van der Waals surface area contributed by atoms with Gasteiger partial charge in [-0.25, -0.2) is 0 Å². The normalized spacial score (nSPS) is 19.4. The Labute approximate surface area is 111 Å². The Morgan fingerprint density at radius 3 is 2.44 bits per heavy atom. The van der Waals surface area contributed by atoms with Crippen LogP contribution in [-0.2, 0) is 0 Å². The van der Waals surface area contributed by atoms with E-state index in [-0.39, 0.29) is 0 Å². The molecule has 1 aromatic carbocycles. The van der Waals surface area contributed by atoms with Gasteiger partial charge in [-0.05, 0) is 49.4 Å². The predicted octanol–water partition coefficient (Wildman–Crippen LogP) is 3.97. The number of nitrogens with zero attached hydrogens (tertiary/aromatic N) is 1. The number of nitrogens with one attached hydrogen (secondary N) is 1. The third kappa shape index (κ3) is 2.63. The highest BCUT2D eigenvalue weighted by molar-refractivity contribution is 5.74. The standard InChI is InChI=1S/C16H26N2/c1-11-7-14-15(8-12(11)2)18(10-16(4,5)6)13(3)9-17-14/h7-8,13,17H,9-10H2,1-6H3. The van der Waals surface area contributed by atoms with Gasteiger partial charge in [-0.15, -0.1) is 0 Å². The molecule has 2 rings (SSSR count). The van der Waals surface area contributed by atoms with Gasteiger partial charge in [0.25, 0.3) is 0 Å². The van der Waals surface area contributed by atoms with Gasteiger partial charge in [-0.2, -0.15) is 0 Å². The molecule has 0 spiro atoms. The second-order valence-corrected chi connectivity index (χ2v) is 6.87. The first kappa shape index (κ1) is 13.3. The third-order valence-corrected chi connectivity index (χ3v) is 3.69. The summed E-state index contributed by atoms with van der Waals surface area (Å²) >= 11 is 0. The molecule has 1 N–H and O–H groups in total. The molecule has 2 nitrogen and oxygen atoms in total. The zero-order valence-electron chi connectivity index (χ0n) is 12.6. The molecule has 0 fully saturated rings. The highest BCUT2D eigenvalue weighted by Gasteiger charge is 2.26. The lowest BCUT2D eigenvalue weighted by Gasteiger charge is -2.41. The molecule has 0 saturated carbocycles. The van der Waals surface area contributed by atoms with Gasteiger partial charge < -0.3 is 10.2 Å². The van der Waals surface area contributed by atoms with Crippen LogP contribution in [0.25, 0.3) is 0 Å². The Morgan fingerprint density at radius 1 is 1.22 bits per heavy atom. The van der Waals surface area contributed by atoms with Crippen molar-refractivity contribution in [3.8, 4) is 0 Å². The van der Waals surface area contributed by atoms with Crippen molar-refractivity contribution in [2.45, 2.75) is 47.6 Å². The number of rotatable bonds is 1. The van der Waals surface area contributed by atoms with Gasteiger partial charge in [0.1, 0.15) is 0 Å². The van der Waals surface area contributed by atoms with Crippen LogP contribution >= 0.6 is 0 Å². The topological polar surface area (TPSA) is 15.3 Å². The number of hydrogen-bond acceptors (Lipinski definition) is 2. The van der Waals surface area contributed by atoms with Crippen LogP contribution in [0.5, 0.6) is 0 Å². The van der Waals surface area contributed by atoms with E-state index < -0.39 is 0 Å². The van der Waals surface area contributed by atoms with E-state index >= 15 is 0 Å². The molecule has 18 heavy (non-hydrogen) atoms. The van der Waals surface area contributed by atoms with Crippen molar-refractivity contribution >= 4 is 11.4 Å². The fourth-order valence-corrected chi connectivity index (χ4v) is 2.54. The lowest BCUT2D eigenvalue weighted by atomic mass is 9.93. The van der Waals surface area contributed by atoms with E-state index in [1.54, 1.807) is 0 Å². The van der Waals surface area contributed by atoms with Crippen LogP contribution in [0.2, 0.25) is 0 Å². The molecule has 1 heterocycles. The summed E-state index contributed by atoms with van der Waals surface area (Å²) in [4.78, 5) is 2.55. The van der Waals surface area contributed by atoms with E-state index in [1.807, 2.05) is 0 Å². The molecule has 1 unspecified atom stereocenters. The van der Waals surface area contributed by atoms with Gasteiger partial charge in [-0.1, -0.05) is 20.8 Å². The number of hydrogen-bond donors (Lipinski definition) is 1. The Bertz CT molecular complexity index is 443. The van der Waals surface area contributed by atoms with E-state index in [4.69, 9.17) is 0 Å². The van der Waals surface area contributed by atoms with E-state index in [1.165, 1.54) is 22.5 Å². The van der Waals surface area contributed by atoms with E-state index in [0.717, 1.165) is 13.1 Å². The summed E-state index contributed by atoms with van der Waals surface area (Å²) in [5.41, 5.74) is 5.73. The summed E-state index contributed by atoms with van der Waals surface area (Å²) in [5, 5.41) is 3.55. The average molecular weight is 246 g/mol. The first-order valence-electron chi connectivity index (χ1n) is 6.90. The molecule has 0 saturated heterocycles. The fraction of sp³-hybridized carbons (Fsp3) is 0.625. The minimum Gasteiger partial charge on any atom is -0.381 e. The lowest BCUT2D eigenvalue weighted by molar-refractivity contribution is 0.394. The molecular weight excluding hydrogens is 220 g/mol. The van der Waals surface area contributed by atoms with Crippen molar-refractivity contribution in [1.82, 2.24) is 0 Å². The van der Waals surface area contributed by atoms with E-state index in [2.05, 4.69) is 63.9 Å². The van der Waals surface area contributed by atoms with Crippen LogP contribution in [0, 0.1) is 19.3 Å². The quantitative estimate of drug-likeness (QED) is 0.806. The van der Waals surface area contributed by atoms with Crippen molar-refractivity contribution in [2.24, 2.45) is 5.41 Å². The highest BCUT2D eigenvalue weighted by Crippen LogP contribution is 2.35. The SMILES string of the molecule is Cc1cc2c(cc1C)N(CC(C)(C)C)C(C)CN2. The molecule has 0 amide bonds. The maximum Gasteiger partial charge on any atom is 0.0608 e. The predicted molar refractivity (Wildman–Crippen MR) is 80.7 cm³/mol. The lowest BCUT2D eigenvalue weighted by Crippen LogP contribution is -2.46. The zero-order valence-corrected chi connectivity index (χ0v) is 12.6. The van der Waals surface area contributed by atoms with Crippen LogP contribution < -0.4 is 10.2 Å². The van der Waals surface area contributed by atoms with E-state index in [0.29, 0.717) is 11.5 Å². The second-order valence-electron chi connectivity index (χ2n) is 6.87. The number of benzene rings is 1. The van der Waals surface area contributed by atoms with Gasteiger partial charge in [0, 0.05) is 19.1 Å². The smallest absolute Gasteiger partial charge is 0.0608 e. The van der Waals surface area contributed by atoms with Crippen molar-refractivity contribution in [1.29, 1.82) is 0 Å². The molecule has 0 aliphatic carbocycles. The monoisotopic (exact) mass is 246 g/mol. The van der Waals surface area contributed by atoms with Crippen molar-refractivity contribution in [2.75, 3.05) is 23.3 Å². The Hall–Kier alpha value is -1.18. The third-order valence-electron chi connectivity index (χ3n) is 3.69. The van der Waals surface area contributed by atoms with E-state index in [9.17, 15) is 0 Å². The zero-order chi connectivity index (χ0) is 13.5. The summed E-state index contributed by atoms with van der Waals surface area (Å²) in [5.74, 6) is 0. The van der Waals surface area contributed by atoms with Crippen LogP contribution in [-0.4, -0.2) is 19.1 Å². The van der Waals surface area contributed by atoms with Crippen LogP contribution in [0.1, 0.15) is 38.8 Å². The van der Waals surface area contributed by atoms with Gasteiger partial charge >= 0.3 is 0 Å². The summed E-state index contributed by atoms with van der Waals surface area (Å²) in [6.45, 7) is 15.7. The summed E-state index contributed by atoms with van der Waals surface area (Å²) < 4.78 is 0. The van der Waals surface area contributed by atoms with Crippen molar-refractivity contribution in [3.63, 3.8) is 0 Å². The van der Waals surface area contributed by atoms with Gasteiger partial charge in [0.2, 0.25) is 0 Å². The number of fused-ring (bicyclic) bond motifs is 1. The van der Waals surface area contributed by atoms with Crippen LogP contribution in [0.3, 0.4) is 0 Å². The molecular formula is C16H26N2. The molecule has 2 heteroatoms. The average Bonchev–Trinajstić information content (AvgIpc) is 2.24. The maximum absolute atomic E-state index is 3.55. The minimum atomic E-state index is 0.321. The van der Waals surface area contributed by atoms with Crippen molar-refractivity contribution in [3.05, 3.63) is 23.3 Å². The first-order valence-corrected chi connectivity index (χ1v) is 6.90. The molecule has 1 atom stereocenters. The molecule has 1 aliphatic heterocycles. The highest BCUT2D eigenvalue weighted by atomic mass is 15.2. The van der Waals surface area contributed by atoms with Crippen molar-refractivity contribution < 1.29 is 0 Å². The Morgan fingerprint density at radius 2 is 1.83 bits per heavy atom. The van der Waals surface area contributed by atoms with Gasteiger partial charge in [0.15, 0.2) is 0 Å². The first-order chi connectivity index (χ1) is 8.28. The molecule has 0 radical (unpaired) electrons.